The Kier molecular flexibility index (Phi) is 4.74. The molecule has 0 bridgehead atoms. The summed E-state index contributed by atoms with van der Waals surface area (Å²) in [6.07, 6.45) is 1.89. The van der Waals surface area contributed by atoms with Gasteiger partial charge in [0, 0.05) is 19.3 Å². The number of amides is 1. The van der Waals surface area contributed by atoms with Crippen molar-refractivity contribution in [3.05, 3.63) is 23.5 Å². The van der Waals surface area contributed by atoms with Gasteiger partial charge in [0.25, 0.3) is 0 Å². The van der Waals surface area contributed by atoms with Crippen LogP contribution in [-0.4, -0.2) is 47.6 Å². The van der Waals surface area contributed by atoms with Crippen molar-refractivity contribution in [3.8, 4) is 0 Å². The molecule has 0 aromatic carbocycles. The van der Waals surface area contributed by atoms with Crippen LogP contribution in [0.15, 0.2) is 18.3 Å². The van der Waals surface area contributed by atoms with Crippen molar-refractivity contribution in [3.63, 3.8) is 0 Å². The lowest BCUT2D eigenvalue weighted by molar-refractivity contribution is -0.121. The Morgan fingerprint density at radius 1 is 1.53 bits per heavy atom. The molecular formula is C13H18ClN3O2. The molecule has 2 atom stereocenters. The molecule has 19 heavy (non-hydrogen) atoms. The van der Waals surface area contributed by atoms with E-state index < -0.39 is 0 Å². The monoisotopic (exact) mass is 283 g/mol. The Balaban J connectivity index is 1.89. The molecule has 1 amide bonds. The average Bonchev–Trinajstić information content (AvgIpc) is 2.30. The van der Waals surface area contributed by atoms with Crippen molar-refractivity contribution in [2.45, 2.75) is 26.1 Å². The van der Waals surface area contributed by atoms with Crippen LogP contribution in [0.4, 0.5) is 5.69 Å². The Bertz CT molecular complexity index is 445. The van der Waals surface area contributed by atoms with E-state index in [0.717, 1.165) is 13.1 Å². The van der Waals surface area contributed by atoms with Gasteiger partial charge in [-0.15, -0.1) is 0 Å². The summed E-state index contributed by atoms with van der Waals surface area (Å²) < 4.78 is 5.63. The quantitative estimate of drug-likeness (QED) is 0.859. The number of carbonyl (C=O) groups excluding carboxylic acids is 1. The van der Waals surface area contributed by atoms with Crippen LogP contribution >= 0.6 is 11.6 Å². The SMILES string of the molecule is C[C@H]1CN(CC(=O)Nc2cccnc2Cl)C[C@H](C)O1. The number of halogens is 1. The van der Waals surface area contributed by atoms with Gasteiger partial charge in [0.15, 0.2) is 5.15 Å². The fourth-order valence-corrected chi connectivity index (χ4v) is 2.45. The van der Waals surface area contributed by atoms with E-state index in [-0.39, 0.29) is 18.1 Å². The lowest BCUT2D eigenvalue weighted by Gasteiger charge is -2.34. The highest BCUT2D eigenvalue weighted by atomic mass is 35.5. The third kappa shape index (κ3) is 4.16. The van der Waals surface area contributed by atoms with Gasteiger partial charge in [-0.2, -0.15) is 0 Å². The summed E-state index contributed by atoms with van der Waals surface area (Å²) in [5, 5.41) is 3.08. The number of hydrogen-bond donors (Lipinski definition) is 1. The number of rotatable bonds is 3. The molecule has 1 aliphatic rings. The molecule has 6 heteroatoms. The van der Waals surface area contributed by atoms with Crippen molar-refractivity contribution < 1.29 is 9.53 Å². The Morgan fingerprint density at radius 3 is 2.84 bits per heavy atom. The van der Waals surface area contributed by atoms with Gasteiger partial charge in [-0.1, -0.05) is 11.6 Å². The predicted octanol–water partition coefficient (Wildman–Crippen LogP) is 1.78. The van der Waals surface area contributed by atoms with Crippen molar-refractivity contribution in [2.24, 2.45) is 0 Å². The second-order valence-electron chi connectivity index (χ2n) is 4.84. The van der Waals surface area contributed by atoms with Gasteiger partial charge in [0.1, 0.15) is 0 Å². The number of pyridine rings is 1. The number of anilines is 1. The summed E-state index contributed by atoms with van der Waals surface area (Å²) in [6.45, 7) is 5.89. The van der Waals surface area contributed by atoms with E-state index in [4.69, 9.17) is 16.3 Å². The lowest BCUT2D eigenvalue weighted by Crippen LogP contribution is -2.48. The second-order valence-corrected chi connectivity index (χ2v) is 5.20. The van der Waals surface area contributed by atoms with Crippen LogP contribution in [0, 0.1) is 0 Å². The zero-order valence-corrected chi connectivity index (χ0v) is 11.9. The minimum atomic E-state index is -0.0869. The van der Waals surface area contributed by atoms with Crippen molar-refractivity contribution in [2.75, 3.05) is 25.0 Å². The number of ether oxygens (including phenoxy) is 1. The molecule has 104 valence electrons. The van der Waals surface area contributed by atoms with Gasteiger partial charge >= 0.3 is 0 Å². The van der Waals surface area contributed by atoms with Gasteiger partial charge < -0.3 is 10.1 Å². The fraction of sp³-hybridized carbons (Fsp3) is 0.538. The van der Waals surface area contributed by atoms with E-state index in [1.54, 1.807) is 18.3 Å². The van der Waals surface area contributed by atoms with Gasteiger partial charge in [-0.25, -0.2) is 4.98 Å². The predicted molar refractivity (Wildman–Crippen MR) is 74.3 cm³/mol. The smallest absolute Gasteiger partial charge is 0.238 e. The normalized spacial score (nSPS) is 24.2. The molecule has 1 saturated heterocycles. The largest absolute Gasteiger partial charge is 0.373 e. The van der Waals surface area contributed by atoms with Gasteiger partial charge in [-0.3, -0.25) is 9.69 Å². The minimum Gasteiger partial charge on any atom is -0.373 e. The van der Waals surface area contributed by atoms with Crippen LogP contribution in [-0.2, 0) is 9.53 Å². The summed E-state index contributed by atoms with van der Waals surface area (Å²) in [7, 11) is 0. The van der Waals surface area contributed by atoms with E-state index in [9.17, 15) is 4.79 Å². The van der Waals surface area contributed by atoms with Crippen LogP contribution in [0.3, 0.4) is 0 Å². The first-order chi connectivity index (χ1) is 9.04. The highest BCUT2D eigenvalue weighted by molar-refractivity contribution is 6.32. The number of nitrogens with one attached hydrogen (secondary N) is 1. The van der Waals surface area contributed by atoms with Crippen molar-refractivity contribution in [1.29, 1.82) is 0 Å². The van der Waals surface area contributed by atoms with E-state index in [2.05, 4.69) is 15.2 Å². The maximum absolute atomic E-state index is 12.0. The van der Waals surface area contributed by atoms with E-state index in [1.807, 2.05) is 13.8 Å². The highest BCUT2D eigenvalue weighted by Gasteiger charge is 2.23. The molecular weight excluding hydrogens is 266 g/mol. The number of morpholine rings is 1. The van der Waals surface area contributed by atoms with Crippen LogP contribution < -0.4 is 5.32 Å². The highest BCUT2D eigenvalue weighted by Crippen LogP contribution is 2.17. The summed E-state index contributed by atoms with van der Waals surface area (Å²) in [5.74, 6) is -0.0869. The van der Waals surface area contributed by atoms with Gasteiger partial charge in [-0.05, 0) is 26.0 Å². The number of aromatic nitrogens is 1. The van der Waals surface area contributed by atoms with E-state index >= 15 is 0 Å². The third-order valence-corrected chi connectivity index (χ3v) is 3.20. The maximum Gasteiger partial charge on any atom is 0.238 e. The summed E-state index contributed by atoms with van der Waals surface area (Å²) in [4.78, 5) is 18.0. The van der Waals surface area contributed by atoms with Crippen LogP contribution in [0.25, 0.3) is 0 Å². The lowest BCUT2D eigenvalue weighted by atomic mass is 10.2. The molecule has 2 heterocycles. The topological polar surface area (TPSA) is 54.5 Å². The fourth-order valence-electron chi connectivity index (χ4n) is 2.29. The molecule has 1 fully saturated rings. The summed E-state index contributed by atoms with van der Waals surface area (Å²) in [6, 6.07) is 3.47. The Morgan fingerprint density at radius 2 is 2.21 bits per heavy atom. The molecule has 1 aliphatic heterocycles. The molecule has 1 aromatic heterocycles. The first kappa shape index (κ1) is 14.2. The van der Waals surface area contributed by atoms with Crippen LogP contribution in [0.2, 0.25) is 5.15 Å². The standard InChI is InChI=1S/C13H18ClN3O2/c1-9-6-17(7-10(2)19-9)8-12(18)16-11-4-3-5-15-13(11)14/h3-5,9-10H,6-8H2,1-2H3,(H,16,18)/t9-,10-/m0/s1. The van der Waals surface area contributed by atoms with Crippen LogP contribution in [0.5, 0.6) is 0 Å². The molecule has 5 nitrogen and oxygen atoms in total. The molecule has 0 radical (unpaired) electrons. The molecule has 0 aliphatic carbocycles. The molecule has 0 saturated carbocycles. The van der Waals surface area contributed by atoms with Gasteiger partial charge in [0.05, 0.1) is 24.4 Å². The molecule has 1 aromatic rings. The minimum absolute atomic E-state index is 0.0869. The molecule has 2 rings (SSSR count). The molecule has 0 unspecified atom stereocenters. The first-order valence-electron chi connectivity index (χ1n) is 6.33. The molecule has 1 N–H and O–H groups in total. The summed E-state index contributed by atoms with van der Waals surface area (Å²) >= 11 is 5.90. The number of hydrogen-bond acceptors (Lipinski definition) is 4. The second kappa shape index (κ2) is 6.32. The van der Waals surface area contributed by atoms with E-state index in [0.29, 0.717) is 17.4 Å². The van der Waals surface area contributed by atoms with Crippen molar-refractivity contribution >= 4 is 23.2 Å². The zero-order valence-electron chi connectivity index (χ0n) is 11.1. The Labute approximate surface area is 117 Å². The average molecular weight is 284 g/mol. The van der Waals surface area contributed by atoms with Gasteiger partial charge in [0.2, 0.25) is 5.91 Å². The van der Waals surface area contributed by atoms with Crippen molar-refractivity contribution in [1.82, 2.24) is 9.88 Å². The summed E-state index contributed by atoms with van der Waals surface area (Å²) in [5.41, 5.74) is 0.545. The maximum atomic E-state index is 12.0. The Hall–Kier alpha value is -1.17. The zero-order chi connectivity index (χ0) is 13.8. The first-order valence-corrected chi connectivity index (χ1v) is 6.70. The number of nitrogens with zero attached hydrogens (tertiary/aromatic N) is 2. The number of carbonyl (C=O) groups is 1. The van der Waals surface area contributed by atoms with E-state index in [1.165, 1.54) is 0 Å². The third-order valence-electron chi connectivity index (χ3n) is 2.90. The molecule has 0 spiro atoms. The van der Waals surface area contributed by atoms with Crippen LogP contribution in [0.1, 0.15) is 13.8 Å².